The number of guanidine groups is 1. The first kappa shape index (κ1) is 14.3. The van der Waals surface area contributed by atoms with Gasteiger partial charge in [-0.05, 0) is 23.8 Å². The molecule has 0 heterocycles. The maximum atomic E-state index is 10.6. The molecule has 0 fully saturated rings. The van der Waals surface area contributed by atoms with Crippen molar-refractivity contribution in [2.24, 2.45) is 27.4 Å². The van der Waals surface area contributed by atoms with Gasteiger partial charge in [0.1, 0.15) is 0 Å². The Bertz CT molecular complexity index is 509. The summed E-state index contributed by atoms with van der Waals surface area (Å²) in [6.45, 7) is -0.224. The van der Waals surface area contributed by atoms with Gasteiger partial charge in [0.05, 0.1) is 13.3 Å². The fourth-order valence-corrected chi connectivity index (χ4v) is 1.19. The summed E-state index contributed by atoms with van der Waals surface area (Å²) in [4.78, 5) is 10.6. The lowest BCUT2D eigenvalue weighted by molar-refractivity contribution is -0.119. The van der Waals surface area contributed by atoms with Gasteiger partial charge in [0.15, 0.2) is 18.1 Å². The van der Waals surface area contributed by atoms with Crippen LogP contribution < -0.4 is 26.7 Å². The highest BCUT2D eigenvalue weighted by Gasteiger charge is 2.06. The van der Waals surface area contributed by atoms with Crippen LogP contribution >= 0.6 is 0 Å². The number of benzene rings is 1. The zero-order valence-electron chi connectivity index (χ0n) is 10.4. The molecule has 0 saturated heterocycles. The van der Waals surface area contributed by atoms with Crippen molar-refractivity contribution < 1.29 is 14.3 Å². The summed E-state index contributed by atoms with van der Waals surface area (Å²) in [6, 6.07) is 4.98. The quantitative estimate of drug-likeness (QED) is 0.350. The standard InChI is InChI=1S/C11H15N5O3/c1-18-9-4-7(5-15-16-11(13)14)2-3-8(9)19-6-10(12)17/h2-5H,6H2,1H3,(H2,12,17)(H4,13,14,16). The number of nitrogens with two attached hydrogens (primary N) is 3. The van der Waals surface area contributed by atoms with Crippen LogP contribution in [0.2, 0.25) is 0 Å². The van der Waals surface area contributed by atoms with Crippen LogP contribution in [0.5, 0.6) is 11.5 Å². The molecule has 0 aliphatic carbocycles. The summed E-state index contributed by atoms with van der Waals surface area (Å²) in [5, 5.41) is 7.13. The molecule has 102 valence electrons. The molecule has 0 spiro atoms. The van der Waals surface area contributed by atoms with Crippen LogP contribution in [0.4, 0.5) is 0 Å². The first-order chi connectivity index (χ1) is 9.02. The Labute approximate surface area is 109 Å². The average molecular weight is 265 g/mol. The van der Waals surface area contributed by atoms with E-state index in [1.807, 2.05) is 0 Å². The smallest absolute Gasteiger partial charge is 0.255 e. The molecule has 8 heteroatoms. The summed E-state index contributed by atoms with van der Waals surface area (Å²) in [5.41, 5.74) is 16.0. The number of hydrogen-bond acceptors (Lipinski definition) is 5. The van der Waals surface area contributed by atoms with Crippen LogP contribution in [0.15, 0.2) is 28.4 Å². The normalized spacial score (nSPS) is 10.2. The minimum Gasteiger partial charge on any atom is -0.493 e. The summed E-state index contributed by atoms with van der Waals surface area (Å²) >= 11 is 0. The molecular formula is C11H15N5O3. The van der Waals surface area contributed by atoms with Crippen molar-refractivity contribution in [2.75, 3.05) is 13.7 Å². The Kier molecular flexibility index (Phi) is 5.15. The van der Waals surface area contributed by atoms with Crippen LogP contribution in [0.1, 0.15) is 5.56 Å². The Morgan fingerprint density at radius 3 is 2.63 bits per heavy atom. The Morgan fingerprint density at radius 1 is 1.32 bits per heavy atom. The summed E-state index contributed by atoms with van der Waals surface area (Å²) in [5.74, 6) is 0.139. The molecule has 0 unspecified atom stereocenters. The highest BCUT2D eigenvalue weighted by atomic mass is 16.5. The molecule has 0 radical (unpaired) electrons. The third-order valence-corrected chi connectivity index (χ3v) is 1.94. The SMILES string of the molecule is COc1cc(C=NN=C(N)N)ccc1OCC(N)=O. The first-order valence-electron chi connectivity index (χ1n) is 5.24. The largest absolute Gasteiger partial charge is 0.493 e. The maximum Gasteiger partial charge on any atom is 0.255 e. The number of primary amides is 1. The van der Waals surface area contributed by atoms with E-state index in [2.05, 4.69) is 10.2 Å². The van der Waals surface area contributed by atoms with Crippen LogP contribution in [0.3, 0.4) is 0 Å². The topological polar surface area (TPSA) is 138 Å². The van der Waals surface area contributed by atoms with Gasteiger partial charge in [0.2, 0.25) is 5.96 Å². The monoisotopic (exact) mass is 265 g/mol. The molecule has 6 N–H and O–H groups in total. The predicted octanol–water partition coefficient (Wildman–Crippen LogP) is -0.833. The van der Waals surface area contributed by atoms with E-state index in [0.29, 0.717) is 17.1 Å². The van der Waals surface area contributed by atoms with E-state index in [0.717, 1.165) is 0 Å². The lowest BCUT2D eigenvalue weighted by Crippen LogP contribution is -2.21. The Hall–Kier alpha value is -2.77. The van der Waals surface area contributed by atoms with Crippen LogP contribution in [0, 0.1) is 0 Å². The van der Waals surface area contributed by atoms with Gasteiger partial charge >= 0.3 is 0 Å². The van der Waals surface area contributed by atoms with Gasteiger partial charge in [0, 0.05) is 0 Å². The predicted molar refractivity (Wildman–Crippen MR) is 71.1 cm³/mol. The van der Waals surface area contributed by atoms with Crippen LogP contribution in [-0.4, -0.2) is 31.8 Å². The number of rotatable bonds is 6. The van der Waals surface area contributed by atoms with Gasteiger partial charge in [-0.3, -0.25) is 4.79 Å². The molecule has 0 atom stereocenters. The van der Waals surface area contributed by atoms with Gasteiger partial charge < -0.3 is 26.7 Å². The van der Waals surface area contributed by atoms with Crippen LogP contribution in [0.25, 0.3) is 0 Å². The Morgan fingerprint density at radius 2 is 2.05 bits per heavy atom. The zero-order chi connectivity index (χ0) is 14.3. The molecule has 1 rings (SSSR count). The fourth-order valence-electron chi connectivity index (χ4n) is 1.19. The molecule has 1 aromatic carbocycles. The summed E-state index contributed by atoms with van der Waals surface area (Å²) < 4.78 is 10.3. The molecule has 0 aromatic heterocycles. The molecule has 8 nitrogen and oxygen atoms in total. The first-order valence-corrected chi connectivity index (χ1v) is 5.24. The van der Waals surface area contributed by atoms with Crippen LogP contribution in [-0.2, 0) is 4.79 Å². The number of carbonyl (C=O) groups excluding carboxylic acids is 1. The second-order valence-electron chi connectivity index (χ2n) is 3.43. The molecule has 0 saturated carbocycles. The third-order valence-electron chi connectivity index (χ3n) is 1.94. The third kappa shape index (κ3) is 4.94. The summed E-state index contributed by atoms with van der Waals surface area (Å²) in [6.07, 6.45) is 1.44. The molecule has 1 aromatic rings. The molecule has 0 aliphatic heterocycles. The van der Waals surface area contributed by atoms with E-state index in [9.17, 15) is 4.79 Å². The summed E-state index contributed by atoms with van der Waals surface area (Å²) in [7, 11) is 1.48. The number of carbonyl (C=O) groups is 1. The highest BCUT2D eigenvalue weighted by Crippen LogP contribution is 2.27. The maximum absolute atomic E-state index is 10.6. The lowest BCUT2D eigenvalue weighted by Gasteiger charge is -2.09. The van der Waals surface area contributed by atoms with Crippen molar-refractivity contribution in [3.05, 3.63) is 23.8 Å². The average Bonchev–Trinajstić information content (AvgIpc) is 2.36. The van der Waals surface area contributed by atoms with Gasteiger partial charge in [-0.1, -0.05) is 0 Å². The molecule has 0 aliphatic rings. The number of hydrogen-bond donors (Lipinski definition) is 3. The van der Waals surface area contributed by atoms with E-state index in [1.165, 1.54) is 13.3 Å². The van der Waals surface area contributed by atoms with Crippen molar-refractivity contribution in [1.29, 1.82) is 0 Å². The van der Waals surface area contributed by atoms with Gasteiger partial charge in [0.25, 0.3) is 5.91 Å². The van der Waals surface area contributed by atoms with E-state index >= 15 is 0 Å². The second-order valence-corrected chi connectivity index (χ2v) is 3.43. The van der Waals surface area contributed by atoms with Gasteiger partial charge in [-0.15, -0.1) is 5.10 Å². The molecule has 0 bridgehead atoms. The highest BCUT2D eigenvalue weighted by molar-refractivity contribution is 5.82. The van der Waals surface area contributed by atoms with Crippen molar-refractivity contribution in [3.63, 3.8) is 0 Å². The Balaban J connectivity index is 2.86. The molecule has 19 heavy (non-hydrogen) atoms. The van der Waals surface area contributed by atoms with Crippen molar-refractivity contribution >= 4 is 18.1 Å². The number of ether oxygens (including phenoxy) is 2. The lowest BCUT2D eigenvalue weighted by atomic mass is 10.2. The van der Waals surface area contributed by atoms with Crippen molar-refractivity contribution in [3.8, 4) is 11.5 Å². The van der Waals surface area contributed by atoms with E-state index in [-0.39, 0.29) is 12.6 Å². The van der Waals surface area contributed by atoms with E-state index in [4.69, 9.17) is 26.7 Å². The van der Waals surface area contributed by atoms with Crippen molar-refractivity contribution in [1.82, 2.24) is 0 Å². The van der Waals surface area contributed by atoms with Gasteiger partial charge in [-0.2, -0.15) is 5.10 Å². The van der Waals surface area contributed by atoms with E-state index in [1.54, 1.807) is 18.2 Å². The number of nitrogens with zero attached hydrogens (tertiary/aromatic N) is 2. The zero-order valence-corrected chi connectivity index (χ0v) is 10.4. The van der Waals surface area contributed by atoms with Crippen molar-refractivity contribution in [2.45, 2.75) is 0 Å². The fraction of sp³-hybridized carbons (Fsp3) is 0.182. The molecule has 1 amide bonds. The molecular weight excluding hydrogens is 250 g/mol. The second kappa shape index (κ2) is 6.84. The minimum absolute atomic E-state index is 0.135. The minimum atomic E-state index is -0.569. The number of amides is 1. The van der Waals surface area contributed by atoms with E-state index < -0.39 is 5.91 Å². The van der Waals surface area contributed by atoms with Gasteiger partial charge in [-0.25, -0.2) is 0 Å². The number of methoxy groups -OCH3 is 1.